The van der Waals surface area contributed by atoms with Gasteiger partial charge in [-0.25, -0.2) is 4.98 Å². The maximum absolute atomic E-state index is 13.3. The fourth-order valence-electron chi connectivity index (χ4n) is 4.58. The molecule has 4 rings (SSSR count). The first-order valence-electron chi connectivity index (χ1n) is 10.0. The summed E-state index contributed by atoms with van der Waals surface area (Å²) < 4.78 is 12.8. The van der Waals surface area contributed by atoms with Crippen molar-refractivity contribution in [3.63, 3.8) is 0 Å². The van der Waals surface area contributed by atoms with E-state index in [0.717, 1.165) is 25.9 Å². The second kappa shape index (κ2) is 8.04. The van der Waals surface area contributed by atoms with Crippen molar-refractivity contribution in [2.45, 2.75) is 38.8 Å². The Bertz CT molecular complexity index is 1020. The molecule has 0 amide bonds. The van der Waals surface area contributed by atoms with Gasteiger partial charge in [0.25, 0.3) is 0 Å². The lowest BCUT2D eigenvalue weighted by atomic mass is 9.73. The highest BCUT2D eigenvalue weighted by atomic mass is 35.5. The molecule has 9 heteroatoms. The number of rotatable bonds is 3. The minimum absolute atomic E-state index is 0.0124. The average Bonchev–Trinajstić information content (AvgIpc) is 3.00. The van der Waals surface area contributed by atoms with Crippen LogP contribution in [0, 0.1) is 12.3 Å². The Morgan fingerprint density at radius 3 is 2.60 bits per heavy atom. The van der Waals surface area contributed by atoms with E-state index >= 15 is 0 Å². The van der Waals surface area contributed by atoms with Crippen LogP contribution in [0.15, 0.2) is 23.0 Å². The minimum atomic E-state index is -0.320. The molecule has 7 nitrogen and oxygen atoms in total. The van der Waals surface area contributed by atoms with Crippen LogP contribution in [-0.4, -0.2) is 48.5 Å². The third kappa shape index (κ3) is 3.38. The molecule has 0 radical (unpaired) electrons. The molecule has 3 heterocycles. The molecule has 2 aromatic rings. The van der Waals surface area contributed by atoms with E-state index in [1.807, 2.05) is 6.92 Å². The molecule has 2 fully saturated rings. The summed E-state index contributed by atoms with van der Waals surface area (Å²) in [7, 11) is 1.48. The zero-order valence-electron chi connectivity index (χ0n) is 17.3. The summed E-state index contributed by atoms with van der Waals surface area (Å²) in [4.78, 5) is 20.1. The number of ether oxygens (including phenoxy) is 2. The van der Waals surface area contributed by atoms with Crippen molar-refractivity contribution in [3.05, 3.63) is 44.4 Å². The largest absolute Gasteiger partial charge is 0.488 e. The van der Waals surface area contributed by atoms with Crippen molar-refractivity contribution in [1.82, 2.24) is 9.55 Å². The SMILES string of the molecule is COc1c(N2CCC3(CC2)CO[C@@H](C)[C@@H]3N)nc(C)n(-c2cccc(Cl)c2Cl)c1=O. The highest BCUT2D eigenvalue weighted by Crippen LogP contribution is 2.42. The molecule has 2 N–H and O–H groups in total. The Balaban J connectivity index is 1.69. The van der Waals surface area contributed by atoms with E-state index in [9.17, 15) is 4.79 Å². The quantitative estimate of drug-likeness (QED) is 0.769. The molecule has 0 saturated carbocycles. The normalized spacial score (nSPS) is 23.2. The molecular formula is C21H26Cl2N4O3. The van der Waals surface area contributed by atoms with E-state index in [-0.39, 0.29) is 28.9 Å². The van der Waals surface area contributed by atoms with Gasteiger partial charge in [-0.15, -0.1) is 0 Å². The summed E-state index contributed by atoms with van der Waals surface area (Å²) in [5.41, 5.74) is 6.57. The van der Waals surface area contributed by atoms with E-state index in [1.165, 1.54) is 11.7 Å². The lowest BCUT2D eigenvalue weighted by Crippen LogP contribution is -2.51. The van der Waals surface area contributed by atoms with Crippen LogP contribution >= 0.6 is 23.2 Å². The first-order chi connectivity index (χ1) is 14.3. The number of methoxy groups -OCH3 is 1. The molecule has 1 aromatic heterocycles. The number of anilines is 1. The monoisotopic (exact) mass is 452 g/mol. The third-order valence-electron chi connectivity index (χ3n) is 6.47. The van der Waals surface area contributed by atoms with Crippen LogP contribution in [-0.2, 0) is 4.74 Å². The first-order valence-corrected chi connectivity index (χ1v) is 10.8. The Kier molecular flexibility index (Phi) is 5.74. The molecule has 30 heavy (non-hydrogen) atoms. The summed E-state index contributed by atoms with van der Waals surface area (Å²) in [6.07, 6.45) is 1.83. The zero-order chi connectivity index (χ0) is 21.6. The lowest BCUT2D eigenvalue weighted by molar-refractivity contribution is 0.0973. The van der Waals surface area contributed by atoms with Gasteiger partial charge in [-0.2, -0.15) is 0 Å². The van der Waals surface area contributed by atoms with Crippen LogP contribution in [0.1, 0.15) is 25.6 Å². The van der Waals surface area contributed by atoms with Gasteiger partial charge in [0.1, 0.15) is 5.82 Å². The Labute approximate surface area is 185 Å². The van der Waals surface area contributed by atoms with Gasteiger partial charge < -0.3 is 20.1 Å². The fourth-order valence-corrected chi connectivity index (χ4v) is 4.96. The fraction of sp³-hybridized carbons (Fsp3) is 0.524. The van der Waals surface area contributed by atoms with Crippen LogP contribution < -0.4 is 20.9 Å². The molecule has 0 bridgehead atoms. The minimum Gasteiger partial charge on any atom is -0.488 e. The summed E-state index contributed by atoms with van der Waals surface area (Å²) in [6.45, 7) is 5.94. The highest BCUT2D eigenvalue weighted by molar-refractivity contribution is 6.43. The van der Waals surface area contributed by atoms with Crippen molar-refractivity contribution >= 4 is 29.0 Å². The highest BCUT2D eigenvalue weighted by Gasteiger charge is 2.48. The van der Waals surface area contributed by atoms with Gasteiger partial charge in [0.05, 0.1) is 35.6 Å². The molecule has 2 aliphatic heterocycles. The van der Waals surface area contributed by atoms with Crippen molar-refractivity contribution < 1.29 is 9.47 Å². The second-order valence-electron chi connectivity index (χ2n) is 8.12. The Morgan fingerprint density at radius 2 is 2.00 bits per heavy atom. The number of nitrogens with zero attached hydrogens (tertiary/aromatic N) is 3. The summed E-state index contributed by atoms with van der Waals surface area (Å²) >= 11 is 12.5. The summed E-state index contributed by atoms with van der Waals surface area (Å²) in [6, 6.07) is 5.17. The number of hydrogen-bond donors (Lipinski definition) is 1. The van der Waals surface area contributed by atoms with Crippen molar-refractivity contribution in [2.24, 2.45) is 11.1 Å². The van der Waals surface area contributed by atoms with Crippen molar-refractivity contribution in [3.8, 4) is 11.4 Å². The van der Waals surface area contributed by atoms with Crippen LogP contribution in [0.2, 0.25) is 10.0 Å². The van der Waals surface area contributed by atoms with Crippen molar-refractivity contribution in [1.29, 1.82) is 0 Å². The van der Waals surface area contributed by atoms with E-state index in [2.05, 4.69) is 4.90 Å². The van der Waals surface area contributed by atoms with Gasteiger partial charge >= 0.3 is 5.56 Å². The van der Waals surface area contributed by atoms with E-state index in [0.29, 0.717) is 34.0 Å². The molecule has 0 aliphatic carbocycles. The second-order valence-corrected chi connectivity index (χ2v) is 8.91. The van der Waals surface area contributed by atoms with Gasteiger partial charge in [-0.1, -0.05) is 29.3 Å². The number of aromatic nitrogens is 2. The van der Waals surface area contributed by atoms with E-state index < -0.39 is 0 Å². The van der Waals surface area contributed by atoms with Crippen LogP contribution in [0.5, 0.6) is 5.75 Å². The molecule has 1 spiro atoms. The Morgan fingerprint density at radius 1 is 1.30 bits per heavy atom. The molecule has 0 unspecified atom stereocenters. The van der Waals surface area contributed by atoms with Crippen LogP contribution in [0.3, 0.4) is 0 Å². The summed E-state index contributed by atoms with van der Waals surface area (Å²) in [5, 5.41) is 0.666. The zero-order valence-corrected chi connectivity index (χ0v) is 18.8. The van der Waals surface area contributed by atoms with Gasteiger partial charge in [-0.05, 0) is 38.8 Å². The molecule has 2 aliphatic rings. The van der Waals surface area contributed by atoms with Crippen LogP contribution in [0.4, 0.5) is 5.82 Å². The number of benzene rings is 1. The predicted octanol–water partition coefficient (Wildman–Crippen LogP) is 3.19. The van der Waals surface area contributed by atoms with Gasteiger partial charge in [-0.3, -0.25) is 9.36 Å². The van der Waals surface area contributed by atoms with E-state index in [4.69, 9.17) is 43.4 Å². The maximum atomic E-state index is 13.3. The first kappa shape index (κ1) is 21.4. The van der Waals surface area contributed by atoms with Gasteiger partial charge in [0.15, 0.2) is 5.82 Å². The third-order valence-corrected chi connectivity index (χ3v) is 7.28. The predicted molar refractivity (Wildman–Crippen MR) is 118 cm³/mol. The molecule has 2 atom stereocenters. The van der Waals surface area contributed by atoms with Crippen LogP contribution in [0.25, 0.3) is 5.69 Å². The van der Waals surface area contributed by atoms with Crippen molar-refractivity contribution in [2.75, 3.05) is 31.7 Å². The number of aryl methyl sites for hydroxylation is 1. The number of hydrogen-bond acceptors (Lipinski definition) is 6. The standard InChI is InChI=1S/C21H26Cl2N4O3/c1-12-18(24)21(11-30-12)7-9-26(10-8-21)19-17(29-3)20(28)27(13(2)25-19)15-6-4-5-14(22)16(15)23/h4-6,12,18H,7-11,24H2,1-3H3/t12-,18-/m0/s1. The number of halogens is 2. The molecular weight excluding hydrogens is 427 g/mol. The molecule has 2 saturated heterocycles. The number of piperidine rings is 1. The molecule has 1 aromatic carbocycles. The number of nitrogens with two attached hydrogens (primary N) is 1. The topological polar surface area (TPSA) is 82.6 Å². The van der Waals surface area contributed by atoms with E-state index in [1.54, 1.807) is 25.1 Å². The average molecular weight is 453 g/mol. The van der Waals surface area contributed by atoms with Gasteiger partial charge in [0, 0.05) is 24.5 Å². The molecule has 162 valence electrons. The summed E-state index contributed by atoms with van der Waals surface area (Å²) in [5.74, 6) is 1.24. The smallest absolute Gasteiger partial charge is 0.302 e. The van der Waals surface area contributed by atoms with Gasteiger partial charge in [0.2, 0.25) is 5.75 Å². The lowest BCUT2D eigenvalue weighted by Gasteiger charge is -2.41. The maximum Gasteiger partial charge on any atom is 0.302 e. The Hall–Kier alpha value is -1.80.